The lowest BCUT2D eigenvalue weighted by Gasteiger charge is -2.00. The van der Waals surface area contributed by atoms with E-state index in [-0.39, 0.29) is 5.91 Å². The van der Waals surface area contributed by atoms with Crippen LogP contribution in [0.15, 0.2) is 47.5 Å². The number of carbonyl (C=O) groups is 1. The van der Waals surface area contributed by atoms with Crippen LogP contribution in [0.3, 0.4) is 0 Å². The summed E-state index contributed by atoms with van der Waals surface area (Å²) in [6, 6.07) is 14.0. The zero-order valence-electron chi connectivity index (χ0n) is 8.47. The molecule has 1 amide bonds. The van der Waals surface area contributed by atoms with Gasteiger partial charge in [-0.05, 0) is 10.8 Å². The van der Waals surface area contributed by atoms with Crippen molar-refractivity contribution < 1.29 is 4.79 Å². The standard InChI is InChI=1S/C13H11NO/c1-10(15)14-9-12-7-4-6-11-5-2-3-8-13(11)12/h2-9H,1H3/b14-9+. The van der Waals surface area contributed by atoms with Crippen LogP contribution >= 0.6 is 0 Å². The van der Waals surface area contributed by atoms with E-state index < -0.39 is 0 Å². The second kappa shape index (κ2) is 4.05. The van der Waals surface area contributed by atoms with Gasteiger partial charge in [-0.1, -0.05) is 42.5 Å². The van der Waals surface area contributed by atoms with Gasteiger partial charge in [0.2, 0.25) is 5.91 Å². The summed E-state index contributed by atoms with van der Waals surface area (Å²) < 4.78 is 0. The van der Waals surface area contributed by atoms with E-state index in [2.05, 4.69) is 4.99 Å². The summed E-state index contributed by atoms with van der Waals surface area (Å²) in [7, 11) is 0. The van der Waals surface area contributed by atoms with Crippen molar-refractivity contribution in [3.05, 3.63) is 48.0 Å². The number of rotatable bonds is 1. The van der Waals surface area contributed by atoms with Gasteiger partial charge in [0.1, 0.15) is 0 Å². The topological polar surface area (TPSA) is 29.4 Å². The van der Waals surface area contributed by atoms with Crippen molar-refractivity contribution in [2.24, 2.45) is 4.99 Å². The highest BCUT2D eigenvalue weighted by Gasteiger charge is 1.96. The minimum Gasteiger partial charge on any atom is -0.273 e. The molecule has 0 aliphatic carbocycles. The summed E-state index contributed by atoms with van der Waals surface area (Å²) >= 11 is 0. The van der Waals surface area contributed by atoms with Crippen LogP contribution < -0.4 is 0 Å². The van der Waals surface area contributed by atoms with Crippen LogP contribution in [0.25, 0.3) is 10.8 Å². The number of nitrogens with zero attached hydrogens (tertiary/aromatic N) is 1. The number of carbonyl (C=O) groups excluding carboxylic acids is 1. The highest BCUT2D eigenvalue weighted by Crippen LogP contribution is 2.16. The molecule has 2 rings (SSSR count). The molecule has 0 aliphatic heterocycles. The van der Waals surface area contributed by atoms with E-state index in [9.17, 15) is 4.79 Å². The predicted octanol–water partition coefficient (Wildman–Crippen LogP) is 2.81. The van der Waals surface area contributed by atoms with Gasteiger partial charge in [0.25, 0.3) is 0 Å². The average molecular weight is 197 g/mol. The van der Waals surface area contributed by atoms with Gasteiger partial charge in [0.05, 0.1) is 0 Å². The smallest absolute Gasteiger partial charge is 0.242 e. The van der Waals surface area contributed by atoms with Gasteiger partial charge in [-0.15, -0.1) is 0 Å². The van der Waals surface area contributed by atoms with Gasteiger partial charge in [0.15, 0.2) is 0 Å². The Morgan fingerprint density at radius 1 is 1.13 bits per heavy atom. The molecule has 0 N–H and O–H groups in total. The zero-order valence-corrected chi connectivity index (χ0v) is 8.47. The molecule has 2 aromatic rings. The Balaban J connectivity index is 2.56. The second-order valence-corrected chi connectivity index (χ2v) is 3.35. The molecule has 0 spiro atoms. The summed E-state index contributed by atoms with van der Waals surface area (Å²) in [5, 5.41) is 2.27. The van der Waals surface area contributed by atoms with Gasteiger partial charge in [-0.3, -0.25) is 4.79 Å². The lowest BCUT2D eigenvalue weighted by Crippen LogP contribution is -1.88. The maximum Gasteiger partial charge on any atom is 0.242 e. The number of benzene rings is 2. The lowest BCUT2D eigenvalue weighted by atomic mass is 10.1. The monoisotopic (exact) mass is 197 g/mol. The molecule has 0 radical (unpaired) electrons. The average Bonchev–Trinajstić information content (AvgIpc) is 2.26. The van der Waals surface area contributed by atoms with Crippen LogP contribution in [0.4, 0.5) is 0 Å². The first-order valence-corrected chi connectivity index (χ1v) is 4.80. The van der Waals surface area contributed by atoms with Crippen molar-refractivity contribution in [2.75, 3.05) is 0 Å². The molecule has 0 saturated carbocycles. The van der Waals surface area contributed by atoms with E-state index in [4.69, 9.17) is 0 Å². The largest absolute Gasteiger partial charge is 0.273 e. The molecule has 2 heteroatoms. The summed E-state index contributed by atoms with van der Waals surface area (Å²) in [4.78, 5) is 14.5. The summed E-state index contributed by atoms with van der Waals surface area (Å²) in [6.45, 7) is 1.45. The quantitative estimate of drug-likeness (QED) is 0.646. The Morgan fingerprint density at radius 2 is 1.87 bits per heavy atom. The van der Waals surface area contributed by atoms with Crippen LogP contribution in [0, 0.1) is 0 Å². The van der Waals surface area contributed by atoms with Crippen LogP contribution in [0.2, 0.25) is 0 Å². The highest BCUT2D eigenvalue weighted by atomic mass is 16.1. The Labute approximate surface area is 88.3 Å². The molecule has 0 atom stereocenters. The molecule has 0 bridgehead atoms. The number of amides is 1. The van der Waals surface area contributed by atoms with Crippen molar-refractivity contribution >= 4 is 22.9 Å². The highest BCUT2D eigenvalue weighted by molar-refractivity contribution is 6.02. The molecule has 0 fully saturated rings. The fourth-order valence-corrected chi connectivity index (χ4v) is 1.52. The zero-order chi connectivity index (χ0) is 10.7. The number of aliphatic imine (C=N–C) groups is 1. The Morgan fingerprint density at radius 3 is 2.67 bits per heavy atom. The summed E-state index contributed by atoms with van der Waals surface area (Å²) in [5.41, 5.74) is 0.975. The lowest BCUT2D eigenvalue weighted by molar-refractivity contribution is -0.115. The third kappa shape index (κ3) is 2.10. The minimum atomic E-state index is -0.178. The molecule has 74 valence electrons. The van der Waals surface area contributed by atoms with Crippen molar-refractivity contribution in [3.63, 3.8) is 0 Å². The predicted molar refractivity (Wildman–Crippen MR) is 62.2 cm³/mol. The first-order valence-electron chi connectivity index (χ1n) is 4.80. The molecular weight excluding hydrogens is 186 g/mol. The van der Waals surface area contributed by atoms with Gasteiger partial charge in [0, 0.05) is 18.7 Å². The van der Waals surface area contributed by atoms with Crippen molar-refractivity contribution in [1.29, 1.82) is 0 Å². The van der Waals surface area contributed by atoms with Gasteiger partial charge in [-0.25, -0.2) is 4.99 Å². The van der Waals surface area contributed by atoms with Gasteiger partial charge >= 0.3 is 0 Å². The fourth-order valence-electron chi connectivity index (χ4n) is 1.52. The van der Waals surface area contributed by atoms with E-state index in [1.54, 1.807) is 6.21 Å². The number of hydrogen-bond donors (Lipinski definition) is 0. The molecule has 2 aromatic carbocycles. The van der Waals surface area contributed by atoms with E-state index in [0.717, 1.165) is 16.3 Å². The van der Waals surface area contributed by atoms with Crippen molar-refractivity contribution in [2.45, 2.75) is 6.92 Å². The third-order valence-electron chi connectivity index (χ3n) is 2.21. The van der Waals surface area contributed by atoms with Crippen LogP contribution in [0.5, 0.6) is 0 Å². The number of hydrogen-bond acceptors (Lipinski definition) is 1. The van der Waals surface area contributed by atoms with Crippen LogP contribution in [-0.4, -0.2) is 12.1 Å². The summed E-state index contributed by atoms with van der Waals surface area (Å²) in [5.74, 6) is -0.178. The first-order chi connectivity index (χ1) is 7.27. The summed E-state index contributed by atoms with van der Waals surface area (Å²) in [6.07, 6.45) is 1.62. The third-order valence-corrected chi connectivity index (χ3v) is 2.21. The van der Waals surface area contributed by atoms with Gasteiger partial charge in [-0.2, -0.15) is 0 Å². The molecule has 0 saturated heterocycles. The van der Waals surface area contributed by atoms with Gasteiger partial charge < -0.3 is 0 Å². The van der Waals surface area contributed by atoms with Crippen LogP contribution in [0.1, 0.15) is 12.5 Å². The normalized spacial score (nSPS) is 11.0. The van der Waals surface area contributed by atoms with Crippen molar-refractivity contribution in [3.8, 4) is 0 Å². The first kappa shape index (κ1) is 9.59. The second-order valence-electron chi connectivity index (χ2n) is 3.35. The van der Waals surface area contributed by atoms with Crippen molar-refractivity contribution in [1.82, 2.24) is 0 Å². The molecule has 2 nitrogen and oxygen atoms in total. The maximum atomic E-state index is 10.8. The maximum absolute atomic E-state index is 10.8. The van der Waals surface area contributed by atoms with E-state index in [1.807, 2.05) is 42.5 Å². The molecular formula is C13H11NO. The minimum absolute atomic E-state index is 0.178. The Kier molecular flexibility index (Phi) is 2.59. The van der Waals surface area contributed by atoms with E-state index in [0.29, 0.717) is 0 Å². The number of fused-ring (bicyclic) bond motifs is 1. The molecule has 0 aromatic heterocycles. The molecule has 0 unspecified atom stereocenters. The SMILES string of the molecule is CC(=O)/N=C/c1cccc2ccccc12. The van der Waals surface area contributed by atoms with E-state index >= 15 is 0 Å². The molecule has 15 heavy (non-hydrogen) atoms. The Bertz CT molecular complexity index is 524. The van der Waals surface area contributed by atoms with E-state index in [1.165, 1.54) is 6.92 Å². The molecule has 0 heterocycles. The Hall–Kier alpha value is -1.96. The fraction of sp³-hybridized carbons (Fsp3) is 0.0769. The molecule has 0 aliphatic rings. The van der Waals surface area contributed by atoms with Crippen LogP contribution in [-0.2, 0) is 4.79 Å².